The molecule has 3 unspecified atom stereocenters. The molecular formula is C20H26N6O2. The molecule has 3 aromatic rings. The quantitative estimate of drug-likeness (QED) is 0.683. The fraction of sp³-hybridized carbons (Fsp3) is 0.500. The van der Waals surface area contributed by atoms with Gasteiger partial charge in [0.05, 0.1) is 13.2 Å². The molecule has 1 aliphatic rings. The lowest BCUT2D eigenvalue weighted by Crippen LogP contribution is -2.39. The van der Waals surface area contributed by atoms with E-state index in [1.165, 1.54) is 17.3 Å². The molecule has 1 aliphatic carbocycles. The number of rotatable bonds is 6. The van der Waals surface area contributed by atoms with Crippen molar-refractivity contribution in [2.24, 2.45) is 5.92 Å². The maximum Gasteiger partial charge on any atom is 0.245 e. The molecule has 0 saturated heterocycles. The van der Waals surface area contributed by atoms with Gasteiger partial charge in [0.1, 0.15) is 18.1 Å². The first-order valence-electron chi connectivity index (χ1n) is 9.83. The van der Waals surface area contributed by atoms with Crippen LogP contribution in [0.5, 0.6) is 5.75 Å². The van der Waals surface area contributed by atoms with Crippen molar-refractivity contribution in [2.45, 2.75) is 51.6 Å². The fourth-order valence-electron chi connectivity index (χ4n) is 4.13. The van der Waals surface area contributed by atoms with Crippen molar-refractivity contribution in [2.75, 3.05) is 7.11 Å². The predicted octanol–water partition coefficient (Wildman–Crippen LogP) is 2.94. The molecule has 28 heavy (non-hydrogen) atoms. The molecule has 148 valence electrons. The van der Waals surface area contributed by atoms with Crippen LogP contribution < -0.4 is 10.1 Å². The number of carbonyl (C=O) groups excluding carboxylic acids is 1. The lowest BCUT2D eigenvalue weighted by Gasteiger charge is -2.28. The number of H-pyrrole nitrogens is 1. The van der Waals surface area contributed by atoms with E-state index in [9.17, 15) is 4.79 Å². The summed E-state index contributed by atoms with van der Waals surface area (Å²) in [5.74, 6) is 0.922. The summed E-state index contributed by atoms with van der Waals surface area (Å²) >= 11 is 0. The Morgan fingerprint density at radius 1 is 1.46 bits per heavy atom. The number of hydrogen-bond acceptors (Lipinski definition) is 5. The number of amides is 1. The second kappa shape index (κ2) is 7.61. The average molecular weight is 382 g/mol. The van der Waals surface area contributed by atoms with Crippen LogP contribution in [0.25, 0.3) is 10.9 Å². The molecule has 8 nitrogen and oxygen atoms in total. The Labute approximate surface area is 163 Å². The fourth-order valence-corrected chi connectivity index (χ4v) is 4.13. The molecule has 0 aliphatic heterocycles. The summed E-state index contributed by atoms with van der Waals surface area (Å²) in [4.78, 5) is 16.7. The van der Waals surface area contributed by atoms with Gasteiger partial charge in [0.2, 0.25) is 5.91 Å². The number of aryl methyl sites for hydroxylation is 1. The van der Waals surface area contributed by atoms with Crippen LogP contribution in [-0.4, -0.2) is 38.2 Å². The molecule has 0 spiro atoms. The second-order valence-corrected chi connectivity index (χ2v) is 7.50. The number of tetrazole rings is 1. The highest BCUT2D eigenvalue weighted by Crippen LogP contribution is 2.36. The van der Waals surface area contributed by atoms with Crippen LogP contribution in [0.3, 0.4) is 0 Å². The van der Waals surface area contributed by atoms with Gasteiger partial charge in [-0.25, -0.2) is 4.68 Å². The molecule has 0 saturated carbocycles. The number of ether oxygens (including phenoxy) is 1. The van der Waals surface area contributed by atoms with E-state index in [1.54, 1.807) is 11.8 Å². The number of aromatic amines is 1. The van der Waals surface area contributed by atoms with Gasteiger partial charge in [-0.3, -0.25) is 4.79 Å². The number of methoxy groups -OCH3 is 1. The van der Waals surface area contributed by atoms with E-state index in [0.29, 0.717) is 0 Å². The molecular weight excluding hydrogens is 356 g/mol. The number of carbonyl (C=O) groups is 1. The van der Waals surface area contributed by atoms with Crippen molar-refractivity contribution < 1.29 is 9.53 Å². The van der Waals surface area contributed by atoms with E-state index >= 15 is 0 Å². The minimum Gasteiger partial charge on any atom is -0.497 e. The van der Waals surface area contributed by atoms with Gasteiger partial charge in [0.25, 0.3) is 0 Å². The highest BCUT2D eigenvalue weighted by Gasteiger charge is 2.31. The summed E-state index contributed by atoms with van der Waals surface area (Å²) in [7, 11) is 1.68. The third-order valence-electron chi connectivity index (χ3n) is 5.83. The van der Waals surface area contributed by atoms with Crippen LogP contribution in [0.15, 0.2) is 24.5 Å². The zero-order valence-electron chi connectivity index (χ0n) is 16.5. The van der Waals surface area contributed by atoms with Crippen LogP contribution in [0.1, 0.15) is 56.5 Å². The van der Waals surface area contributed by atoms with Crippen molar-refractivity contribution in [3.8, 4) is 5.75 Å². The van der Waals surface area contributed by atoms with Gasteiger partial charge in [0, 0.05) is 16.6 Å². The number of benzene rings is 1. The largest absolute Gasteiger partial charge is 0.497 e. The Kier molecular flexibility index (Phi) is 5.02. The third kappa shape index (κ3) is 3.23. The van der Waals surface area contributed by atoms with E-state index in [4.69, 9.17) is 4.74 Å². The van der Waals surface area contributed by atoms with E-state index in [2.05, 4.69) is 38.8 Å². The van der Waals surface area contributed by atoms with E-state index in [1.807, 2.05) is 19.1 Å². The van der Waals surface area contributed by atoms with Crippen LogP contribution >= 0.6 is 0 Å². The Morgan fingerprint density at radius 2 is 2.32 bits per heavy atom. The summed E-state index contributed by atoms with van der Waals surface area (Å²) < 4.78 is 6.94. The Balaban J connectivity index is 1.63. The second-order valence-electron chi connectivity index (χ2n) is 7.50. The highest BCUT2D eigenvalue weighted by atomic mass is 16.5. The SMILES string of the molecule is CCC(C)C(C(=O)NC1CCCc2c1[nH]c1ccc(OC)cc21)n1cnnn1. The lowest BCUT2D eigenvalue weighted by atomic mass is 9.91. The highest BCUT2D eigenvalue weighted by molar-refractivity contribution is 5.87. The summed E-state index contributed by atoms with van der Waals surface area (Å²) in [6, 6.07) is 5.59. The number of nitrogens with zero attached hydrogens (tertiary/aromatic N) is 4. The molecule has 2 aromatic heterocycles. The van der Waals surface area contributed by atoms with Crippen molar-refractivity contribution in [1.29, 1.82) is 0 Å². The minimum absolute atomic E-state index is 0.0438. The monoisotopic (exact) mass is 382 g/mol. The summed E-state index contributed by atoms with van der Waals surface area (Å²) in [6.45, 7) is 4.12. The summed E-state index contributed by atoms with van der Waals surface area (Å²) in [6.07, 6.45) is 5.31. The third-order valence-corrected chi connectivity index (χ3v) is 5.83. The molecule has 2 N–H and O–H groups in total. The van der Waals surface area contributed by atoms with Crippen molar-refractivity contribution >= 4 is 16.8 Å². The molecule has 2 heterocycles. The maximum atomic E-state index is 13.2. The van der Waals surface area contributed by atoms with Crippen molar-refractivity contribution in [1.82, 2.24) is 30.5 Å². The molecule has 0 bridgehead atoms. The van der Waals surface area contributed by atoms with Crippen LogP contribution in [-0.2, 0) is 11.2 Å². The van der Waals surface area contributed by atoms with Crippen molar-refractivity contribution in [3.05, 3.63) is 35.8 Å². The Hall–Kier alpha value is -2.90. The van der Waals surface area contributed by atoms with Gasteiger partial charge in [-0.1, -0.05) is 20.3 Å². The van der Waals surface area contributed by atoms with Crippen LogP contribution in [0.4, 0.5) is 0 Å². The van der Waals surface area contributed by atoms with Gasteiger partial charge in [-0.05, 0) is 59.4 Å². The standard InChI is InChI=1S/C20H26N6O2/c1-4-12(2)19(26-11-21-24-25-26)20(27)23-17-7-5-6-14-15-10-13(28-3)8-9-16(15)22-18(14)17/h8-12,17,19,22H,4-7H2,1-3H3,(H,23,27). The zero-order chi connectivity index (χ0) is 19.7. The molecule has 8 heteroatoms. The maximum absolute atomic E-state index is 13.2. The van der Waals surface area contributed by atoms with Gasteiger partial charge in [-0.15, -0.1) is 5.10 Å². The van der Waals surface area contributed by atoms with Gasteiger partial charge in [-0.2, -0.15) is 0 Å². The lowest BCUT2D eigenvalue weighted by molar-refractivity contribution is -0.127. The zero-order valence-corrected chi connectivity index (χ0v) is 16.5. The Morgan fingerprint density at radius 3 is 3.04 bits per heavy atom. The number of aromatic nitrogens is 5. The number of nitrogens with one attached hydrogen (secondary N) is 2. The first-order chi connectivity index (χ1) is 13.6. The van der Waals surface area contributed by atoms with Crippen molar-refractivity contribution in [3.63, 3.8) is 0 Å². The van der Waals surface area contributed by atoms with Gasteiger partial charge in [0.15, 0.2) is 0 Å². The minimum atomic E-state index is -0.421. The first kappa shape index (κ1) is 18.5. The van der Waals surface area contributed by atoms with E-state index in [-0.39, 0.29) is 17.9 Å². The smallest absolute Gasteiger partial charge is 0.245 e. The average Bonchev–Trinajstić information content (AvgIpc) is 3.36. The molecule has 1 aromatic carbocycles. The molecule has 0 fully saturated rings. The molecule has 3 atom stereocenters. The molecule has 0 radical (unpaired) electrons. The topological polar surface area (TPSA) is 97.7 Å². The normalized spacial score (nSPS) is 18.5. The number of hydrogen-bond donors (Lipinski definition) is 2. The van der Waals surface area contributed by atoms with Crippen LogP contribution in [0, 0.1) is 5.92 Å². The number of fused-ring (bicyclic) bond motifs is 3. The van der Waals surface area contributed by atoms with Gasteiger partial charge < -0.3 is 15.0 Å². The molecule has 1 amide bonds. The summed E-state index contributed by atoms with van der Waals surface area (Å²) in [5, 5.41) is 15.8. The van der Waals surface area contributed by atoms with Gasteiger partial charge >= 0.3 is 0 Å². The van der Waals surface area contributed by atoms with Crippen LogP contribution in [0.2, 0.25) is 0 Å². The molecule has 4 rings (SSSR count). The van der Waals surface area contributed by atoms with E-state index in [0.717, 1.165) is 42.6 Å². The Bertz CT molecular complexity index is 965. The van der Waals surface area contributed by atoms with E-state index < -0.39 is 6.04 Å². The predicted molar refractivity (Wildman–Crippen MR) is 105 cm³/mol. The first-order valence-corrected chi connectivity index (χ1v) is 9.83. The summed E-state index contributed by atoms with van der Waals surface area (Å²) in [5.41, 5.74) is 3.45.